The smallest absolute Gasteiger partial charge is 0.182 e. The molecule has 6 heteroatoms. The first kappa shape index (κ1) is 11.7. The highest BCUT2D eigenvalue weighted by molar-refractivity contribution is 6.31. The molecule has 0 N–H and O–H groups in total. The second kappa shape index (κ2) is 4.63. The zero-order valence-corrected chi connectivity index (χ0v) is 9.50. The van der Waals surface area contributed by atoms with Crippen LogP contribution in [-0.2, 0) is 0 Å². The molecule has 1 aromatic carbocycles. The molecule has 0 bridgehead atoms. The second-order valence-electron chi connectivity index (χ2n) is 3.18. The summed E-state index contributed by atoms with van der Waals surface area (Å²) in [6.45, 7) is 0. The quantitative estimate of drug-likeness (QED) is 0.775. The number of hydrogen-bond acceptors (Lipinski definition) is 3. The average Bonchev–Trinajstić information content (AvgIpc) is 2.32. The van der Waals surface area contributed by atoms with Gasteiger partial charge >= 0.3 is 0 Å². The van der Waals surface area contributed by atoms with E-state index in [1.54, 1.807) is 0 Å². The fraction of sp³-hybridized carbons (Fsp3) is 0.0909. The van der Waals surface area contributed by atoms with Crippen LogP contribution in [0.2, 0.25) is 5.15 Å². The topological polar surface area (TPSA) is 35.0 Å². The van der Waals surface area contributed by atoms with Gasteiger partial charge in [0.25, 0.3) is 0 Å². The molecule has 2 rings (SSSR count). The number of methoxy groups -OCH3 is 1. The number of halogens is 3. The summed E-state index contributed by atoms with van der Waals surface area (Å²) in [5.41, 5.74) is 0.677. The van der Waals surface area contributed by atoms with Gasteiger partial charge in [0.2, 0.25) is 0 Å². The lowest BCUT2D eigenvalue weighted by Gasteiger charge is -2.08. The molecule has 0 radical (unpaired) electrons. The first-order valence-electron chi connectivity index (χ1n) is 4.63. The minimum absolute atomic E-state index is 0.113. The molecule has 0 saturated carbocycles. The summed E-state index contributed by atoms with van der Waals surface area (Å²) in [7, 11) is 1.40. The lowest BCUT2D eigenvalue weighted by Crippen LogP contribution is -1.95. The van der Waals surface area contributed by atoms with Crippen LogP contribution < -0.4 is 4.74 Å². The minimum Gasteiger partial charge on any atom is -0.491 e. The van der Waals surface area contributed by atoms with E-state index in [0.717, 1.165) is 12.1 Å². The molecule has 0 aliphatic carbocycles. The lowest BCUT2D eigenvalue weighted by atomic mass is 10.1. The van der Waals surface area contributed by atoms with E-state index in [2.05, 4.69) is 9.97 Å². The molecule has 0 amide bonds. The summed E-state index contributed by atoms with van der Waals surface area (Å²) in [5, 5.41) is 0.113. The molecule has 3 nitrogen and oxygen atoms in total. The molecule has 0 fully saturated rings. The Labute approximate surface area is 101 Å². The summed E-state index contributed by atoms with van der Waals surface area (Å²) in [4.78, 5) is 7.68. The minimum atomic E-state index is -0.959. The monoisotopic (exact) mass is 256 g/mol. The standard InChI is InChI=1S/C11H7ClF2N2O/c1-17-10-9(15-5-16-11(10)12)6-2-3-7(13)8(14)4-6/h2-5H,1H3. The molecule has 2 aromatic rings. The molecule has 1 heterocycles. The Balaban J connectivity index is 2.60. The van der Waals surface area contributed by atoms with Gasteiger partial charge < -0.3 is 4.74 Å². The molecule has 0 aliphatic rings. The van der Waals surface area contributed by atoms with Gasteiger partial charge in [-0.2, -0.15) is 0 Å². The molecule has 0 spiro atoms. The van der Waals surface area contributed by atoms with Crippen LogP contribution in [0.5, 0.6) is 5.75 Å². The van der Waals surface area contributed by atoms with Crippen molar-refractivity contribution >= 4 is 11.6 Å². The summed E-state index contributed by atoms with van der Waals surface area (Å²) >= 11 is 5.81. The van der Waals surface area contributed by atoms with Crippen LogP contribution in [0.25, 0.3) is 11.3 Å². The third kappa shape index (κ3) is 2.19. The summed E-state index contributed by atoms with van der Waals surface area (Å²) in [5.74, 6) is -1.66. The number of nitrogens with zero attached hydrogens (tertiary/aromatic N) is 2. The highest BCUT2D eigenvalue weighted by Gasteiger charge is 2.14. The van der Waals surface area contributed by atoms with Gasteiger partial charge in [0.1, 0.15) is 12.0 Å². The maximum absolute atomic E-state index is 13.1. The molecule has 1 aromatic heterocycles. The van der Waals surface area contributed by atoms with Crippen LogP contribution in [0.3, 0.4) is 0 Å². The Morgan fingerprint density at radius 1 is 1.18 bits per heavy atom. The largest absolute Gasteiger partial charge is 0.491 e. The van der Waals surface area contributed by atoms with Gasteiger partial charge in [-0.05, 0) is 18.2 Å². The van der Waals surface area contributed by atoms with Gasteiger partial charge in [-0.15, -0.1) is 0 Å². The summed E-state index contributed by atoms with van der Waals surface area (Å²) < 4.78 is 30.9. The van der Waals surface area contributed by atoms with Gasteiger partial charge in [-0.1, -0.05) is 11.6 Å². The molecule has 88 valence electrons. The highest BCUT2D eigenvalue weighted by Crippen LogP contribution is 2.32. The van der Waals surface area contributed by atoms with E-state index >= 15 is 0 Å². The number of ether oxygens (including phenoxy) is 1. The molecule has 17 heavy (non-hydrogen) atoms. The van der Waals surface area contributed by atoms with Crippen molar-refractivity contribution in [2.45, 2.75) is 0 Å². The van der Waals surface area contributed by atoms with Crippen molar-refractivity contribution in [3.8, 4) is 17.0 Å². The van der Waals surface area contributed by atoms with E-state index < -0.39 is 11.6 Å². The van der Waals surface area contributed by atoms with Crippen LogP contribution in [0.15, 0.2) is 24.5 Å². The van der Waals surface area contributed by atoms with E-state index in [-0.39, 0.29) is 10.9 Å². The van der Waals surface area contributed by atoms with Crippen LogP contribution >= 0.6 is 11.6 Å². The van der Waals surface area contributed by atoms with Crippen molar-refractivity contribution in [2.24, 2.45) is 0 Å². The van der Waals surface area contributed by atoms with Crippen molar-refractivity contribution in [2.75, 3.05) is 7.11 Å². The van der Waals surface area contributed by atoms with Crippen molar-refractivity contribution in [1.82, 2.24) is 9.97 Å². The van der Waals surface area contributed by atoms with Gasteiger partial charge in [0, 0.05) is 5.56 Å². The SMILES string of the molecule is COc1c(Cl)ncnc1-c1ccc(F)c(F)c1. The third-order valence-corrected chi connectivity index (χ3v) is 2.43. The van der Waals surface area contributed by atoms with Crippen LogP contribution in [0, 0.1) is 11.6 Å². The van der Waals surface area contributed by atoms with E-state index in [0.29, 0.717) is 11.3 Å². The van der Waals surface area contributed by atoms with Crippen LogP contribution in [0.1, 0.15) is 0 Å². The zero-order chi connectivity index (χ0) is 12.4. The average molecular weight is 257 g/mol. The Morgan fingerprint density at radius 2 is 1.94 bits per heavy atom. The van der Waals surface area contributed by atoms with Gasteiger partial charge in [-0.25, -0.2) is 18.7 Å². The molecular formula is C11H7ClF2N2O. The van der Waals surface area contributed by atoms with Crippen LogP contribution in [0.4, 0.5) is 8.78 Å². The molecule has 0 aliphatic heterocycles. The molecule has 0 saturated heterocycles. The zero-order valence-electron chi connectivity index (χ0n) is 8.75. The fourth-order valence-corrected chi connectivity index (χ4v) is 1.59. The number of hydrogen-bond donors (Lipinski definition) is 0. The van der Waals surface area contributed by atoms with E-state index in [4.69, 9.17) is 16.3 Å². The predicted octanol–water partition coefficient (Wildman–Crippen LogP) is 3.08. The van der Waals surface area contributed by atoms with Gasteiger partial charge in [-0.3, -0.25) is 0 Å². The van der Waals surface area contributed by atoms with Crippen molar-refractivity contribution < 1.29 is 13.5 Å². The Hall–Kier alpha value is -1.75. The highest BCUT2D eigenvalue weighted by atomic mass is 35.5. The first-order chi connectivity index (χ1) is 8.13. The normalized spacial score (nSPS) is 10.4. The molecule has 0 atom stereocenters. The predicted molar refractivity (Wildman–Crippen MR) is 58.9 cm³/mol. The lowest BCUT2D eigenvalue weighted by molar-refractivity contribution is 0.413. The van der Waals surface area contributed by atoms with Crippen molar-refractivity contribution in [3.05, 3.63) is 41.3 Å². The van der Waals surface area contributed by atoms with E-state index in [1.165, 1.54) is 19.5 Å². The summed E-state index contributed by atoms with van der Waals surface area (Å²) in [6.07, 6.45) is 1.22. The maximum Gasteiger partial charge on any atom is 0.182 e. The Kier molecular flexibility index (Phi) is 3.19. The van der Waals surface area contributed by atoms with Gasteiger partial charge in [0.05, 0.1) is 7.11 Å². The summed E-state index contributed by atoms with van der Waals surface area (Å²) in [6, 6.07) is 3.43. The Bertz CT molecular complexity index is 563. The van der Waals surface area contributed by atoms with Gasteiger partial charge in [0.15, 0.2) is 22.5 Å². The fourth-order valence-electron chi connectivity index (χ4n) is 1.38. The molecule has 0 unspecified atom stereocenters. The van der Waals surface area contributed by atoms with E-state index in [9.17, 15) is 8.78 Å². The Morgan fingerprint density at radius 3 is 2.59 bits per heavy atom. The maximum atomic E-state index is 13.1. The number of benzene rings is 1. The number of rotatable bonds is 2. The number of aromatic nitrogens is 2. The third-order valence-electron chi connectivity index (χ3n) is 2.16. The van der Waals surface area contributed by atoms with Crippen molar-refractivity contribution in [3.63, 3.8) is 0 Å². The van der Waals surface area contributed by atoms with Crippen LogP contribution in [-0.4, -0.2) is 17.1 Å². The second-order valence-corrected chi connectivity index (χ2v) is 3.53. The molecular weight excluding hydrogens is 250 g/mol. The van der Waals surface area contributed by atoms with Crippen molar-refractivity contribution in [1.29, 1.82) is 0 Å². The first-order valence-corrected chi connectivity index (χ1v) is 5.01. The van der Waals surface area contributed by atoms with E-state index in [1.807, 2.05) is 0 Å².